The van der Waals surface area contributed by atoms with E-state index in [4.69, 9.17) is 34.0 Å². The number of nitrogens with zero attached hydrogens (tertiary/aromatic N) is 5. The van der Waals surface area contributed by atoms with Gasteiger partial charge in [0.25, 0.3) is 0 Å². The molecular formula is C17H20Cl2N6. The lowest BCUT2D eigenvalue weighted by Gasteiger charge is -2.09. The normalized spacial score (nSPS) is 12.7. The number of fused-ring (bicyclic) bond motifs is 1. The molecule has 132 valence electrons. The fraction of sp³-hybridized carbons (Fsp3) is 0.412. The van der Waals surface area contributed by atoms with Crippen LogP contribution in [0.2, 0.25) is 10.2 Å². The second-order valence-electron chi connectivity index (χ2n) is 6.25. The molecule has 8 heteroatoms. The number of aryl methyl sites for hydroxylation is 1. The SMILES string of the molecule is CCC(C)c1nn(Cc2ncc(C)c(Cl)c2C)c2nc(N)nc(Cl)c12. The standard InChI is InChI=1S/C17H20Cl2N6/c1-5-8(2)14-12-15(19)22-17(20)23-16(12)25(24-14)7-11-10(4)13(18)9(3)6-21-11/h6,8H,5,7H2,1-4H3,(H2,20,22,23). The number of hydrogen-bond acceptors (Lipinski definition) is 5. The van der Waals surface area contributed by atoms with Gasteiger partial charge in [-0.1, -0.05) is 37.0 Å². The van der Waals surface area contributed by atoms with E-state index in [1.165, 1.54) is 0 Å². The van der Waals surface area contributed by atoms with Gasteiger partial charge in [-0.3, -0.25) is 4.98 Å². The van der Waals surface area contributed by atoms with Crippen LogP contribution in [0.15, 0.2) is 6.20 Å². The first-order chi connectivity index (χ1) is 11.8. The zero-order valence-electron chi connectivity index (χ0n) is 14.6. The Bertz CT molecular complexity index is 950. The molecule has 3 aromatic rings. The van der Waals surface area contributed by atoms with E-state index in [9.17, 15) is 0 Å². The summed E-state index contributed by atoms with van der Waals surface area (Å²) in [6, 6.07) is 0. The van der Waals surface area contributed by atoms with Gasteiger partial charge < -0.3 is 5.73 Å². The maximum absolute atomic E-state index is 6.36. The number of hydrogen-bond donors (Lipinski definition) is 1. The van der Waals surface area contributed by atoms with Crippen molar-refractivity contribution in [1.29, 1.82) is 0 Å². The molecule has 0 radical (unpaired) electrons. The van der Waals surface area contributed by atoms with Gasteiger partial charge in [-0.2, -0.15) is 10.1 Å². The predicted molar refractivity (Wildman–Crippen MR) is 101 cm³/mol. The van der Waals surface area contributed by atoms with Crippen LogP contribution in [0.3, 0.4) is 0 Å². The molecule has 0 fully saturated rings. The summed E-state index contributed by atoms with van der Waals surface area (Å²) in [6.07, 6.45) is 2.70. The summed E-state index contributed by atoms with van der Waals surface area (Å²) < 4.78 is 1.78. The number of rotatable bonds is 4. The summed E-state index contributed by atoms with van der Waals surface area (Å²) in [5.41, 5.74) is 10.0. The molecular weight excluding hydrogens is 359 g/mol. The smallest absolute Gasteiger partial charge is 0.223 e. The lowest BCUT2D eigenvalue weighted by atomic mass is 10.0. The first kappa shape index (κ1) is 17.9. The van der Waals surface area contributed by atoms with E-state index >= 15 is 0 Å². The molecule has 0 spiro atoms. The van der Waals surface area contributed by atoms with Crippen molar-refractivity contribution in [2.45, 2.75) is 46.6 Å². The Morgan fingerprint density at radius 3 is 2.64 bits per heavy atom. The molecule has 0 saturated heterocycles. The molecule has 25 heavy (non-hydrogen) atoms. The molecule has 0 aliphatic heterocycles. The largest absolute Gasteiger partial charge is 0.368 e. The number of nitrogen functional groups attached to an aromatic ring is 1. The molecule has 2 N–H and O–H groups in total. The maximum atomic E-state index is 6.36. The van der Waals surface area contributed by atoms with Crippen molar-refractivity contribution in [3.05, 3.63) is 38.9 Å². The molecule has 3 heterocycles. The van der Waals surface area contributed by atoms with Gasteiger partial charge in [-0.25, -0.2) is 9.67 Å². The Hall–Kier alpha value is -1.92. The van der Waals surface area contributed by atoms with E-state index in [2.05, 4.69) is 28.8 Å². The van der Waals surface area contributed by atoms with E-state index < -0.39 is 0 Å². The third-order valence-corrected chi connectivity index (χ3v) is 5.35. The van der Waals surface area contributed by atoms with E-state index in [-0.39, 0.29) is 11.9 Å². The average molecular weight is 379 g/mol. The van der Waals surface area contributed by atoms with E-state index in [0.29, 0.717) is 17.3 Å². The molecule has 3 rings (SSSR count). The highest BCUT2D eigenvalue weighted by atomic mass is 35.5. The predicted octanol–water partition coefficient (Wildman–Crippen LogP) is 4.29. The minimum absolute atomic E-state index is 0.126. The third kappa shape index (κ3) is 3.16. The molecule has 0 bridgehead atoms. The number of halogens is 2. The monoisotopic (exact) mass is 378 g/mol. The Morgan fingerprint density at radius 1 is 1.24 bits per heavy atom. The Morgan fingerprint density at radius 2 is 1.96 bits per heavy atom. The fourth-order valence-corrected chi connectivity index (χ4v) is 3.20. The topological polar surface area (TPSA) is 82.5 Å². The summed E-state index contributed by atoms with van der Waals surface area (Å²) >= 11 is 12.7. The number of pyridine rings is 1. The number of anilines is 1. The van der Waals surface area contributed by atoms with Crippen molar-refractivity contribution in [3.63, 3.8) is 0 Å². The average Bonchev–Trinajstić information content (AvgIpc) is 2.93. The minimum Gasteiger partial charge on any atom is -0.368 e. The molecule has 1 unspecified atom stereocenters. The summed E-state index contributed by atoms with van der Waals surface area (Å²) in [6.45, 7) is 8.53. The van der Waals surface area contributed by atoms with Crippen LogP contribution >= 0.6 is 23.2 Å². The fourth-order valence-electron chi connectivity index (χ4n) is 2.77. The second-order valence-corrected chi connectivity index (χ2v) is 6.99. The van der Waals surface area contributed by atoms with Crippen LogP contribution in [0, 0.1) is 13.8 Å². The quantitative estimate of drug-likeness (QED) is 0.684. The van der Waals surface area contributed by atoms with Gasteiger partial charge >= 0.3 is 0 Å². The number of aromatic nitrogens is 5. The Balaban J connectivity index is 2.18. The van der Waals surface area contributed by atoms with Crippen molar-refractivity contribution in [2.24, 2.45) is 0 Å². The van der Waals surface area contributed by atoms with Gasteiger partial charge in [-0.15, -0.1) is 0 Å². The summed E-state index contributed by atoms with van der Waals surface area (Å²) in [5.74, 6) is 0.352. The van der Waals surface area contributed by atoms with Crippen LogP contribution in [0.1, 0.15) is 48.7 Å². The van der Waals surface area contributed by atoms with Gasteiger partial charge in [0.15, 0.2) is 5.65 Å². The van der Waals surface area contributed by atoms with Crippen LogP contribution in [-0.4, -0.2) is 24.7 Å². The zero-order chi connectivity index (χ0) is 18.3. The summed E-state index contributed by atoms with van der Waals surface area (Å²) in [5, 5.41) is 6.54. The van der Waals surface area contributed by atoms with E-state index in [1.54, 1.807) is 10.9 Å². The number of nitrogens with two attached hydrogens (primary N) is 1. The zero-order valence-corrected chi connectivity index (χ0v) is 16.2. The molecule has 1 atom stereocenters. The highest BCUT2D eigenvalue weighted by Crippen LogP contribution is 2.32. The highest BCUT2D eigenvalue weighted by Gasteiger charge is 2.21. The molecule has 0 aromatic carbocycles. The second kappa shape index (κ2) is 6.77. The maximum Gasteiger partial charge on any atom is 0.223 e. The highest BCUT2D eigenvalue weighted by molar-refractivity contribution is 6.34. The van der Waals surface area contributed by atoms with Crippen molar-refractivity contribution in [1.82, 2.24) is 24.7 Å². The summed E-state index contributed by atoms with van der Waals surface area (Å²) in [7, 11) is 0. The van der Waals surface area contributed by atoms with Gasteiger partial charge in [0, 0.05) is 17.1 Å². The van der Waals surface area contributed by atoms with Crippen molar-refractivity contribution in [3.8, 4) is 0 Å². The lowest BCUT2D eigenvalue weighted by molar-refractivity contribution is 0.634. The minimum atomic E-state index is 0.126. The van der Waals surface area contributed by atoms with Crippen LogP contribution in [0.25, 0.3) is 11.0 Å². The molecule has 0 saturated carbocycles. The van der Waals surface area contributed by atoms with Gasteiger partial charge in [0.1, 0.15) is 5.15 Å². The molecule has 3 aromatic heterocycles. The third-order valence-electron chi connectivity index (χ3n) is 4.49. The van der Waals surface area contributed by atoms with Crippen LogP contribution < -0.4 is 5.73 Å². The molecule has 0 aliphatic rings. The van der Waals surface area contributed by atoms with E-state index in [1.807, 2.05) is 13.8 Å². The van der Waals surface area contributed by atoms with Crippen molar-refractivity contribution in [2.75, 3.05) is 5.73 Å². The van der Waals surface area contributed by atoms with Gasteiger partial charge in [0.2, 0.25) is 5.95 Å². The van der Waals surface area contributed by atoms with Crippen LogP contribution in [0.5, 0.6) is 0 Å². The molecule has 0 amide bonds. The first-order valence-corrected chi connectivity index (χ1v) is 8.89. The van der Waals surface area contributed by atoms with Crippen molar-refractivity contribution < 1.29 is 0 Å². The van der Waals surface area contributed by atoms with E-state index in [0.717, 1.165) is 39.3 Å². The lowest BCUT2D eigenvalue weighted by Crippen LogP contribution is -2.08. The van der Waals surface area contributed by atoms with Gasteiger partial charge in [-0.05, 0) is 31.4 Å². The summed E-state index contributed by atoms with van der Waals surface area (Å²) in [4.78, 5) is 13.0. The Kier molecular flexibility index (Phi) is 4.84. The Labute approximate surface area is 156 Å². The van der Waals surface area contributed by atoms with Gasteiger partial charge in [0.05, 0.1) is 23.3 Å². The van der Waals surface area contributed by atoms with Crippen LogP contribution in [0.4, 0.5) is 5.95 Å². The van der Waals surface area contributed by atoms with Crippen LogP contribution in [-0.2, 0) is 6.54 Å². The molecule has 6 nitrogen and oxygen atoms in total. The first-order valence-electron chi connectivity index (χ1n) is 8.13. The molecule has 0 aliphatic carbocycles. The van der Waals surface area contributed by atoms with Crippen molar-refractivity contribution >= 4 is 40.2 Å².